The molecule has 1 N–H and O–H groups in total. The normalized spacial score (nSPS) is 22.1. The second kappa shape index (κ2) is 9.21. The highest BCUT2D eigenvalue weighted by molar-refractivity contribution is 7.85. The highest BCUT2D eigenvalue weighted by Crippen LogP contribution is 2.14. The van der Waals surface area contributed by atoms with Crippen LogP contribution in [-0.2, 0) is 17.3 Å². The number of ether oxygens (including phenoxy) is 1. The Labute approximate surface area is 130 Å². The van der Waals surface area contributed by atoms with Crippen LogP contribution >= 0.6 is 0 Å². The number of nitrogens with one attached hydrogen (secondary N) is 1. The lowest BCUT2D eigenvalue weighted by molar-refractivity contribution is 0.306. The molecule has 0 saturated carbocycles. The van der Waals surface area contributed by atoms with Gasteiger partial charge in [-0.3, -0.25) is 4.21 Å². The van der Waals surface area contributed by atoms with Gasteiger partial charge in [0.2, 0.25) is 0 Å². The Morgan fingerprint density at radius 3 is 2.57 bits per heavy atom. The average Bonchev–Trinajstić information content (AvgIpc) is 2.52. The quantitative estimate of drug-likeness (QED) is 0.749. The fourth-order valence-corrected chi connectivity index (χ4v) is 3.80. The maximum absolute atomic E-state index is 11.3. The third kappa shape index (κ3) is 6.18. The average molecular weight is 309 g/mol. The first kappa shape index (κ1) is 16.5. The van der Waals surface area contributed by atoms with Crippen molar-refractivity contribution < 1.29 is 8.95 Å². The van der Waals surface area contributed by atoms with E-state index in [4.69, 9.17) is 4.74 Å². The van der Waals surface area contributed by atoms with Gasteiger partial charge in [0.25, 0.3) is 0 Å². The monoisotopic (exact) mass is 309 g/mol. The van der Waals surface area contributed by atoms with Crippen LogP contribution in [-0.4, -0.2) is 28.4 Å². The standard InChI is InChI=1S/C17H27NO2S/c1-2-3-4-11-20-17-7-5-15(6-8-17)14-18-16-9-12-21(19)13-10-16/h5-8,16,18H,2-4,9-14H2,1H3. The van der Waals surface area contributed by atoms with Gasteiger partial charge < -0.3 is 10.1 Å². The van der Waals surface area contributed by atoms with Gasteiger partial charge in [0, 0.05) is 34.9 Å². The highest BCUT2D eigenvalue weighted by atomic mass is 32.2. The van der Waals surface area contributed by atoms with E-state index in [1.807, 2.05) is 0 Å². The lowest BCUT2D eigenvalue weighted by Crippen LogP contribution is -2.35. The first-order valence-electron chi connectivity index (χ1n) is 8.08. The summed E-state index contributed by atoms with van der Waals surface area (Å²) < 4.78 is 17.0. The van der Waals surface area contributed by atoms with Gasteiger partial charge in [-0.15, -0.1) is 0 Å². The van der Waals surface area contributed by atoms with Crippen molar-refractivity contribution in [3.63, 3.8) is 0 Å². The Bertz CT molecular complexity index is 423. The van der Waals surface area contributed by atoms with Gasteiger partial charge >= 0.3 is 0 Å². The molecule has 1 fully saturated rings. The van der Waals surface area contributed by atoms with Gasteiger partial charge in [0.05, 0.1) is 6.61 Å². The molecule has 1 aromatic carbocycles. The summed E-state index contributed by atoms with van der Waals surface area (Å²) in [6.07, 6.45) is 5.65. The van der Waals surface area contributed by atoms with Crippen LogP contribution in [0.5, 0.6) is 5.75 Å². The number of unbranched alkanes of at least 4 members (excludes halogenated alkanes) is 2. The Kier molecular flexibility index (Phi) is 7.24. The molecule has 0 unspecified atom stereocenters. The SMILES string of the molecule is CCCCCOc1ccc(CNC2CCS(=O)CC2)cc1. The summed E-state index contributed by atoms with van der Waals surface area (Å²) >= 11 is 0. The Balaban J connectivity index is 1.68. The van der Waals surface area contributed by atoms with E-state index in [9.17, 15) is 4.21 Å². The van der Waals surface area contributed by atoms with Crippen molar-refractivity contribution in [3.05, 3.63) is 29.8 Å². The summed E-state index contributed by atoms with van der Waals surface area (Å²) in [5.74, 6) is 2.66. The first-order chi connectivity index (χ1) is 10.3. The molecule has 0 atom stereocenters. The number of benzene rings is 1. The molecule has 1 aliphatic rings. The maximum atomic E-state index is 11.3. The van der Waals surface area contributed by atoms with Crippen LogP contribution in [0.4, 0.5) is 0 Å². The van der Waals surface area contributed by atoms with E-state index in [0.29, 0.717) is 6.04 Å². The van der Waals surface area contributed by atoms with Gasteiger partial charge in [-0.05, 0) is 37.0 Å². The molecular weight excluding hydrogens is 282 g/mol. The lowest BCUT2D eigenvalue weighted by Gasteiger charge is -2.22. The van der Waals surface area contributed by atoms with Crippen LogP contribution < -0.4 is 10.1 Å². The fourth-order valence-electron chi connectivity index (χ4n) is 2.51. The van der Waals surface area contributed by atoms with Crippen molar-refractivity contribution in [1.82, 2.24) is 5.32 Å². The number of hydrogen-bond acceptors (Lipinski definition) is 3. The molecule has 3 nitrogen and oxygen atoms in total. The Morgan fingerprint density at radius 1 is 1.19 bits per heavy atom. The topological polar surface area (TPSA) is 38.3 Å². The Hall–Kier alpha value is -0.870. The van der Waals surface area contributed by atoms with Gasteiger partial charge in [-0.1, -0.05) is 31.9 Å². The van der Waals surface area contributed by atoms with E-state index < -0.39 is 10.8 Å². The van der Waals surface area contributed by atoms with Crippen molar-refractivity contribution in [3.8, 4) is 5.75 Å². The zero-order valence-electron chi connectivity index (χ0n) is 13.0. The summed E-state index contributed by atoms with van der Waals surface area (Å²) in [5, 5.41) is 3.56. The minimum absolute atomic E-state index is 0.521. The van der Waals surface area contributed by atoms with Crippen molar-refractivity contribution in [2.24, 2.45) is 0 Å². The summed E-state index contributed by atoms with van der Waals surface area (Å²) in [7, 11) is -0.574. The van der Waals surface area contributed by atoms with Crippen molar-refractivity contribution in [2.45, 2.75) is 51.6 Å². The van der Waals surface area contributed by atoms with E-state index in [-0.39, 0.29) is 0 Å². The zero-order valence-corrected chi connectivity index (χ0v) is 13.8. The van der Waals surface area contributed by atoms with Gasteiger partial charge in [0.15, 0.2) is 0 Å². The molecule has 0 aromatic heterocycles. The smallest absolute Gasteiger partial charge is 0.119 e. The second-order valence-corrected chi connectivity index (χ2v) is 7.40. The molecule has 1 aromatic rings. The van der Waals surface area contributed by atoms with Gasteiger partial charge in [0.1, 0.15) is 5.75 Å². The minimum atomic E-state index is -0.574. The number of rotatable bonds is 8. The summed E-state index contributed by atoms with van der Waals surface area (Å²) in [4.78, 5) is 0. The summed E-state index contributed by atoms with van der Waals surface area (Å²) in [6, 6.07) is 8.89. The molecule has 118 valence electrons. The predicted molar refractivity (Wildman–Crippen MR) is 89.2 cm³/mol. The molecule has 0 amide bonds. The molecule has 4 heteroatoms. The molecule has 0 radical (unpaired) electrons. The van der Waals surface area contributed by atoms with Crippen LogP contribution in [0.2, 0.25) is 0 Å². The van der Waals surface area contributed by atoms with Crippen molar-refractivity contribution >= 4 is 10.8 Å². The van der Waals surface area contributed by atoms with Crippen LogP contribution in [0.15, 0.2) is 24.3 Å². The molecule has 2 rings (SSSR count). The fraction of sp³-hybridized carbons (Fsp3) is 0.647. The molecule has 1 saturated heterocycles. The molecular formula is C17H27NO2S. The molecule has 21 heavy (non-hydrogen) atoms. The van der Waals surface area contributed by atoms with Crippen molar-refractivity contribution in [1.29, 1.82) is 0 Å². The van der Waals surface area contributed by atoms with E-state index >= 15 is 0 Å². The maximum Gasteiger partial charge on any atom is 0.119 e. The van der Waals surface area contributed by atoms with Crippen LogP contribution in [0.25, 0.3) is 0 Å². The van der Waals surface area contributed by atoms with E-state index in [1.54, 1.807) is 0 Å². The van der Waals surface area contributed by atoms with E-state index in [1.165, 1.54) is 18.4 Å². The lowest BCUT2D eigenvalue weighted by atomic mass is 10.1. The molecule has 1 heterocycles. The van der Waals surface area contributed by atoms with E-state index in [2.05, 4.69) is 36.5 Å². The second-order valence-electron chi connectivity index (χ2n) is 5.70. The third-order valence-corrected chi connectivity index (χ3v) is 5.30. The predicted octanol–water partition coefficient (Wildman–Crippen LogP) is 3.26. The third-order valence-electron chi connectivity index (χ3n) is 3.92. The van der Waals surface area contributed by atoms with Crippen molar-refractivity contribution in [2.75, 3.05) is 18.1 Å². The van der Waals surface area contributed by atoms with Gasteiger partial charge in [-0.2, -0.15) is 0 Å². The highest BCUT2D eigenvalue weighted by Gasteiger charge is 2.16. The Morgan fingerprint density at radius 2 is 1.90 bits per heavy atom. The van der Waals surface area contributed by atoms with Crippen LogP contribution in [0.1, 0.15) is 44.6 Å². The van der Waals surface area contributed by atoms with Gasteiger partial charge in [-0.25, -0.2) is 0 Å². The first-order valence-corrected chi connectivity index (χ1v) is 9.57. The molecule has 0 spiro atoms. The number of hydrogen-bond donors (Lipinski definition) is 1. The minimum Gasteiger partial charge on any atom is -0.494 e. The van der Waals surface area contributed by atoms with E-state index in [0.717, 1.165) is 49.7 Å². The summed E-state index contributed by atoms with van der Waals surface area (Å²) in [6.45, 7) is 3.89. The van der Waals surface area contributed by atoms with Crippen LogP contribution in [0.3, 0.4) is 0 Å². The molecule has 0 bridgehead atoms. The summed E-state index contributed by atoms with van der Waals surface area (Å²) in [5.41, 5.74) is 1.28. The molecule has 0 aliphatic carbocycles. The van der Waals surface area contributed by atoms with Crippen LogP contribution in [0, 0.1) is 0 Å². The molecule has 1 aliphatic heterocycles. The largest absolute Gasteiger partial charge is 0.494 e. The zero-order chi connectivity index (χ0) is 14.9.